The van der Waals surface area contributed by atoms with E-state index in [1.807, 2.05) is 0 Å². The number of nitrogens with zero attached hydrogens (tertiary/aromatic N) is 1. The molecule has 1 aliphatic heterocycles. The third kappa shape index (κ3) is 2.00. The first kappa shape index (κ1) is 13.8. The summed E-state index contributed by atoms with van der Waals surface area (Å²) in [5.41, 5.74) is 2.77. The molecule has 2 aromatic rings. The topological polar surface area (TPSA) is 14.2 Å². The zero-order valence-electron chi connectivity index (χ0n) is 13.2. The minimum atomic E-state index is -0.0904. The van der Waals surface area contributed by atoms with Crippen molar-refractivity contribution in [2.75, 3.05) is 0 Å². The lowest BCUT2D eigenvalue weighted by Gasteiger charge is -2.48. The lowest BCUT2D eigenvalue weighted by molar-refractivity contribution is -0.0310. The average molecular weight is 269 g/mol. The van der Waals surface area contributed by atoms with Crippen molar-refractivity contribution in [3.63, 3.8) is 0 Å². The lowest BCUT2D eigenvalue weighted by atomic mass is 9.50. The number of fused-ring (bicyclic) bond motifs is 1. The molecule has 0 N–H and O–H groups in total. The van der Waals surface area contributed by atoms with Gasteiger partial charge in [-0.25, -0.2) is 0 Å². The first-order valence-corrected chi connectivity index (χ1v) is 7.54. The highest BCUT2D eigenvalue weighted by Crippen LogP contribution is 2.43. The summed E-state index contributed by atoms with van der Waals surface area (Å²) in [6, 6.07) is 8.60. The molecule has 3 rings (SSSR count). The molecule has 0 aliphatic carbocycles. The second kappa shape index (κ2) is 4.39. The van der Waals surface area contributed by atoms with Gasteiger partial charge in [-0.05, 0) is 48.9 Å². The number of aryl methyl sites for hydroxylation is 1. The fourth-order valence-electron chi connectivity index (χ4n) is 3.22. The van der Waals surface area contributed by atoms with Crippen molar-refractivity contribution in [3.8, 4) is 0 Å². The third-order valence-electron chi connectivity index (χ3n) is 5.37. The fraction of sp³-hybridized carbons (Fsp3) is 0.529. The van der Waals surface area contributed by atoms with Crippen molar-refractivity contribution in [3.05, 3.63) is 30.5 Å². The maximum absolute atomic E-state index is 6.48. The summed E-state index contributed by atoms with van der Waals surface area (Å²) in [6.07, 6.45) is 4.54. The SMILES string of the molecule is Cn1cc(B2CCC(C)(C)C(C)(C)O2)c2ccccc21. The first-order chi connectivity index (χ1) is 9.32. The molecule has 0 saturated carbocycles. The van der Waals surface area contributed by atoms with Crippen molar-refractivity contribution in [2.24, 2.45) is 12.5 Å². The summed E-state index contributed by atoms with van der Waals surface area (Å²) in [5, 5.41) is 1.33. The van der Waals surface area contributed by atoms with Crippen LogP contribution in [0.1, 0.15) is 34.1 Å². The molecule has 2 nitrogen and oxygen atoms in total. The summed E-state index contributed by atoms with van der Waals surface area (Å²) in [7, 11) is 2.11. The number of rotatable bonds is 1. The van der Waals surface area contributed by atoms with Gasteiger partial charge in [0.2, 0.25) is 0 Å². The molecule has 0 radical (unpaired) electrons. The van der Waals surface area contributed by atoms with E-state index in [1.54, 1.807) is 0 Å². The highest BCUT2D eigenvalue weighted by molar-refractivity contribution is 6.70. The minimum absolute atomic E-state index is 0.0904. The van der Waals surface area contributed by atoms with Gasteiger partial charge in [-0.3, -0.25) is 0 Å². The Bertz CT molecular complexity index is 641. The van der Waals surface area contributed by atoms with Crippen LogP contribution in [0, 0.1) is 5.41 Å². The van der Waals surface area contributed by atoms with E-state index in [-0.39, 0.29) is 17.9 Å². The van der Waals surface area contributed by atoms with E-state index in [9.17, 15) is 0 Å². The molecule has 106 valence electrons. The van der Waals surface area contributed by atoms with Crippen LogP contribution in [0.2, 0.25) is 6.32 Å². The van der Waals surface area contributed by atoms with E-state index < -0.39 is 0 Å². The molecule has 0 atom stereocenters. The molecule has 3 heteroatoms. The Morgan fingerprint density at radius 2 is 1.85 bits per heavy atom. The Hall–Kier alpha value is -1.22. The molecule has 1 aliphatic rings. The summed E-state index contributed by atoms with van der Waals surface area (Å²) in [4.78, 5) is 0. The van der Waals surface area contributed by atoms with Gasteiger partial charge < -0.3 is 9.22 Å². The van der Waals surface area contributed by atoms with Gasteiger partial charge in [0.15, 0.2) is 0 Å². The quantitative estimate of drug-likeness (QED) is 0.721. The molecule has 1 aromatic heterocycles. The molecular formula is C17H24BNO. The molecule has 0 amide bonds. The van der Waals surface area contributed by atoms with E-state index in [2.05, 4.69) is 69.8 Å². The largest absolute Gasteiger partial charge is 0.425 e. The van der Waals surface area contributed by atoms with Crippen molar-refractivity contribution in [1.82, 2.24) is 4.57 Å². The molecule has 0 unspecified atom stereocenters. The van der Waals surface area contributed by atoms with Crippen LogP contribution >= 0.6 is 0 Å². The predicted octanol–water partition coefficient (Wildman–Crippen LogP) is 3.60. The normalized spacial score (nSPS) is 21.4. The van der Waals surface area contributed by atoms with Gasteiger partial charge in [0.05, 0.1) is 5.60 Å². The molecule has 1 saturated heterocycles. The number of para-hydroxylation sites is 1. The standard InChI is InChI=1S/C17H24BNO/c1-16(2)10-11-18(20-17(16,3)4)14-12-19(5)15-9-7-6-8-13(14)15/h6-9,12H,10-11H2,1-5H3. The molecule has 1 aromatic carbocycles. The highest BCUT2D eigenvalue weighted by atomic mass is 16.5. The van der Waals surface area contributed by atoms with Crippen LogP contribution in [0.5, 0.6) is 0 Å². The summed E-state index contributed by atoms with van der Waals surface area (Å²) < 4.78 is 8.69. The predicted molar refractivity (Wildman–Crippen MR) is 86.7 cm³/mol. The monoisotopic (exact) mass is 269 g/mol. The van der Waals surface area contributed by atoms with Gasteiger partial charge >= 0.3 is 6.92 Å². The smallest absolute Gasteiger partial charge is 0.329 e. The van der Waals surface area contributed by atoms with Gasteiger partial charge in [-0.15, -0.1) is 0 Å². The van der Waals surface area contributed by atoms with Gasteiger partial charge in [0.25, 0.3) is 0 Å². The Morgan fingerprint density at radius 3 is 2.55 bits per heavy atom. The summed E-state index contributed by atoms with van der Waals surface area (Å²) >= 11 is 0. The van der Waals surface area contributed by atoms with Gasteiger partial charge in [-0.2, -0.15) is 0 Å². The number of hydrogen-bond acceptors (Lipinski definition) is 1. The van der Waals surface area contributed by atoms with E-state index in [4.69, 9.17) is 4.65 Å². The zero-order chi connectivity index (χ0) is 14.5. The lowest BCUT2D eigenvalue weighted by Crippen LogP contribution is -2.53. The maximum atomic E-state index is 6.48. The van der Waals surface area contributed by atoms with Crippen molar-refractivity contribution < 1.29 is 4.65 Å². The van der Waals surface area contributed by atoms with E-state index in [1.165, 1.54) is 22.8 Å². The van der Waals surface area contributed by atoms with Crippen LogP contribution in [-0.4, -0.2) is 17.1 Å². The first-order valence-electron chi connectivity index (χ1n) is 7.54. The second-order valence-corrected chi connectivity index (χ2v) is 7.25. The summed E-state index contributed by atoms with van der Waals surface area (Å²) in [5.74, 6) is 0. The van der Waals surface area contributed by atoms with Crippen LogP contribution in [0.4, 0.5) is 0 Å². The Balaban J connectivity index is 2.01. The van der Waals surface area contributed by atoms with Crippen molar-refractivity contribution >= 4 is 23.3 Å². The van der Waals surface area contributed by atoms with E-state index >= 15 is 0 Å². The minimum Gasteiger partial charge on any atom is -0.425 e. The molecule has 0 spiro atoms. The van der Waals surface area contributed by atoms with Gasteiger partial charge in [0, 0.05) is 18.8 Å². The average Bonchev–Trinajstić information content (AvgIpc) is 2.71. The number of benzene rings is 1. The highest BCUT2D eigenvalue weighted by Gasteiger charge is 2.45. The number of hydrogen-bond donors (Lipinski definition) is 0. The van der Waals surface area contributed by atoms with Crippen LogP contribution in [0.15, 0.2) is 30.5 Å². The fourth-order valence-corrected chi connectivity index (χ4v) is 3.22. The maximum Gasteiger partial charge on any atom is 0.329 e. The van der Waals surface area contributed by atoms with Crippen molar-refractivity contribution in [2.45, 2.75) is 46.0 Å². The molecule has 0 bridgehead atoms. The van der Waals surface area contributed by atoms with Crippen LogP contribution in [0.3, 0.4) is 0 Å². The molecule has 20 heavy (non-hydrogen) atoms. The number of aromatic nitrogens is 1. The Morgan fingerprint density at radius 1 is 1.15 bits per heavy atom. The van der Waals surface area contributed by atoms with Crippen molar-refractivity contribution in [1.29, 1.82) is 0 Å². The zero-order valence-corrected chi connectivity index (χ0v) is 13.2. The third-order valence-corrected chi connectivity index (χ3v) is 5.37. The van der Waals surface area contributed by atoms with Crippen LogP contribution < -0.4 is 5.46 Å². The molecule has 1 fully saturated rings. The van der Waals surface area contributed by atoms with Gasteiger partial charge in [-0.1, -0.05) is 32.0 Å². The summed E-state index contributed by atoms with van der Waals surface area (Å²) in [6.45, 7) is 9.29. The Labute approximate surface area is 122 Å². The van der Waals surface area contributed by atoms with Crippen LogP contribution in [-0.2, 0) is 11.7 Å². The Kier molecular flexibility index (Phi) is 3.02. The second-order valence-electron chi connectivity index (χ2n) is 7.25. The molecular weight excluding hydrogens is 245 g/mol. The van der Waals surface area contributed by atoms with Gasteiger partial charge in [0.1, 0.15) is 0 Å². The van der Waals surface area contributed by atoms with E-state index in [0.717, 1.165) is 6.32 Å². The molecule has 2 heterocycles. The van der Waals surface area contributed by atoms with Crippen LogP contribution in [0.25, 0.3) is 10.9 Å². The van der Waals surface area contributed by atoms with E-state index in [0.29, 0.717) is 0 Å².